The van der Waals surface area contributed by atoms with Crippen LogP contribution >= 0.6 is 0 Å². The zero-order chi connectivity index (χ0) is 12.5. The highest BCUT2D eigenvalue weighted by molar-refractivity contribution is 5.39. The first-order chi connectivity index (χ1) is 8.24. The Morgan fingerprint density at radius 1 is 1.12 bits per heavy atom. The molecule has 1 N–H and O–H groups in total. The maximum atomic E-state index is 5.68. The van der Waals surface area contributed by atoms with E-state index in [1.54, 1.807) is 7.11 Å². The smallest absolute Gasteiger partial charge is 0.161 e. The Kier molecular flexibility index (Phi) is 6.48. The molecule has 0 fully saturated rings. The third-order valence-corrected chi connectivity index (χ3v) is 2.45. The zero-order valence-electron chi connectivity index (χ0n) is 11.0. The summed E-state index contributed by atoms with van der Waals surface area (Å²) in [5.74, 6) is 1.62. The molecule has 3 heteroatoms. The predicted octanol–water partition coefficient (Wildman–Crippen LogP) is 2.85. The van der Waals surface area contributed by atoms with Gasteiger partial charge in [-0.1, -0.05) is 26.0 Å². The second kappa shape index (κ2) is 7.96. The van der Waals surface area contributed by atoms with Crippen LogP contribution in [0.15, 0.2) is 24.3 Å². The first-order valence-electron chi connectivity index (χ1n) is 6.23. The van der Waals surface area contributed by atoms with Crippen LogP contribution in [0.3, 0.4) is 0 Å². The van der Waals surface area contributed by atoms with Crippen LogP contribution in [-0.2, 0) is 0 Å². The van der Waals surface area contributed by atoms with Crippen LogP contribution in [0.2, 0.25) is 0 Å². The van der Waals surface area contributed by atoms with Gasteiger partial charge in [-0.25, -0.2) is 0 Å². The highest BCUT2D eigenvalue weighted by atomic mass is 16.5. The van der Waals surface area contributed by atoms with E-state index in [-0.39, 0.29) is 0 Å². The van der Waals surface area contributed by atoms with E-state index in [1.807, 2.05) is 24.3 Å². The number of hydrogen-bond acceptors (Lipinski definition) is 3. The van der Waals surface area contributed by atoms with Crippen LogP contribution in [0.4, 0.5) is 0 Å². The van der Waals surface area contributed by atoms with Crippen molar-refractivity contribution in [2.75, 3.05) is 20.3 Å². The van der Waals surface area contributed by atoms with Gasteiger partial charge in [0.25, 0.3) is 0 Å². The van der Waals surface area contributed by atoms with Crippen LogP contribution in [0.25, 0.3) is 0 Å². The molecule has 1 aromatic carbocycles. The molecule has 0 bridgehead atoms. The molecule has 0 aliphatic carbocycles. The lowest BCUT2D eigenvalue weighted by Crippen LogP contribution is -2.23. The molecule has 17 heavy (non-hydrogen) atoms. The Balaban J connectivity index is 2.17. The molecule has 0 radical (unpaired) electrons. The number of rotatable bonds is 8. The fraction of sp³-hybridized carbons (Fsp3) is 0.571. The molecule has 0 unspecified atom stereocenters. The highest BCUT2D eigenvalue weighted by Crippen LogP contribution is 2.25. The van der Waals surface area contributed by atoms with E-state index in [2.05, 4.69) is 19.2 Å². The van der Waals surface area contributed by atoms with Gasteiger partial charge in [0.1, 0.15) is 0 Å². The molecule has 1 rings (SSSR count). The lowest BCUT2D eigenvalue weighted by atomic mass is 10.3. The summed E-state index contributed by atoms with van der Waals surface area (Å²) in [5, 5.41) is 3.39. The summed E-state index contributed by atoms with van der Waals surface area (Å²) >= 11 is 0. The summed E-state index contributed by atoms with van der Waals surface area (Å²) in [6.45, 7) is 6.10. The predicted molar refractivity (Wildman–Crippen MR) is 70.9 cm³/mol. The molecule has 0 amide bonds. The van der Waals surface area contributed by atoms with Crippen molar-refractivity contribution in [2.24, 2.45) is 0 Å². The second-order valence-corrected chi connectivity index (χ2v) is 4.32. The summed E-state index contributed by atoms with van der Waals surface area (Å²) in [5.41, 5.74) is 0. The third kappa shape index (κ3) is 5.59. The summed E-state index contributed by atoms with van der Waals surface area (Å²) in [4.78, 5) is 0. The Hall–Kier alpha value is -1.22. The minimum absolute atomic E-state index is 0.560. The van der Waals surface area contributed by atoms with E-state index < -0.39 is 0 Å². The molecule has 0 atom stereocenters. The topological polar surface area (TPSA) is 30.5 Å². The van der Waals surface area contributed by atoms with Crippen molar-refractivity contribution in [3.63, 3.8) is 0 Å². The number of para-hydroxylation sites is 2. The summed E-state index contributed by atoms with van der Waals surface area (Å²) in [7, 11) is 1.66. The highest BCUT2D eigenvalue weighted by Gasteiger charge is 2.01. The molecule has 0 aliphatic rings. The van der Waals surface area contributed by atoms with Crippen molar-refractivity contribution in [1.82, 2.24) is 5.32 Å². The molecular weight excluding hydrogens is 214 g/mol. The van der Waals surface area contributed by atoms with Crippen molar-refractivity contribution in [1.29, 1.82) is 0 Å². The van der Waals surface area contributed by atoms with E-state index in [9.17, 15) is 0 Å². The zero-order valence-corrected chi connectivity index (χ0v) is 11.0. The fourth-order valence-electron chi connectivity index (χ4n) is 1.54. The average Bonchev–Trinajstić information content (AvgIpc) is 2.33. The first kappa shape index (κ1) is 13.8. The van der Waals surface area contributed by atoms with Gasteiger partial charge in [-0.3, -0.25) is 0 Å². The summed E-state index contributed by atoms with van der Waals surface area (Å²) in [6.07, 6.45) is 2.19. The maximum Gasteiger partial charge on any atom is 0.161 e. The van der Waals surface area contributed by atoms with Gasteiger partial charge in [-0.2, -0.15) is 0 Å². The Morgan fingerprint density at radius 3 is 2.47 bits per heavy atom. The lowest BCUT2D eigenvalue weighted by molar-refractivity contribution is 0.285. The van der Waals surface area contributed by atoms with Gasteiger partial charge >= 0.3 is 0 Å². The quantitative estimate of drug-likeness (QED) is 0.705. The number of hydrogen-bond donors (Lipinski definition) is 1. The molecule has 0 saturated heterocycles. The summed E-state index contributed by atoms with van der Waals surface area (Å²) in [6, 6.07) is 8.31. The van der Waals surface area contributed by atoms with E-state index in [0.717, 1.165) is 37.5 Å². The standard InChI is InChI=1S/C14H23NO2/c1-12(2)15-10-6-7-11-17-14-9-5-4-8-13(14)16-3/h4-5,8-9,12,15H,6-7,10-11H2,1-3H3. The number of unbranched alkanes of at least 4 members (excludes halogenated alkanes) is 1. The Bertz CT molecular complexity index is 313. The number of nitrogens with one attached hydrogen (secondary N) is 1. The molecule has 0 aliphatic heterocycles. The van der Waals surface area contributed by atoms with E-state index in [1.165, 1.54) is 0 Å². The fourth-order valence-corrected chi connectivity index (χ4v) is 1.54. The minimum atomic E-state index is 0.560. The van der Waals surface area contributed by atoms with Gasteiger partial charge in [-0.05, 0) is 31.5 Å². The van der Waals surface area contributed by atoms with Gasteiger partial charge in [-0.15, -0.1) is 0 Å². The van der Waals surface area contributed by atoms with Crippen molar-refractivity contribution in [3.8, 4) is 11.5 Å². The van der Waals surface area contributed by atoms with Crippen LogP contribution in [0.5, 0.6) is 11.5 Å². The van der Waals surface area contributed by atoms with Crippen molar-refractivity contribution < 1.29 is 9.47 Å². The van der Waals surface area contributed by atoms with Crippen LogP contribution in [0, 0.1) is 0 Å². The van der Waals surface area contributed by atoms with Gasteiger partial charge < -0.3 is 14.8 Å². The normalized spacial score (nSPS) is 10.6. The van der Waals surface area contributed by atoms with Gasteiger partial charge in [0.05, 0.1) is 13.7 Å². The van der Waals surface area contributed by atoms with Crippen LogP contribution < -0.4 is 14.8 Å². The first-order valence-corrected chi connectivity index (χ1v) is 6.23. The van der Waals surface area contributed by atoms with Gasteiger partial charge in [0.15, 0.2) is 11.5 Å². The Morgan fingerprint density at radius 2 is 1.82 bits per heavy atom. The van der Waals surface area contributed by atoms with Crippen molar-refractivity contribution >= 4 is 0 Å². The summed E-state index contributed by atoms with van der Waals surface area (Å²) < 4.78 is 10.9. The lowest BCUT2D eigenvalue weighted by Gasteiger charge is -2.11. The molecule has 0 spiro atoms. The number of benzene rings is 1. The Labute approximate surface area is 104 Å². The molecule has 96 valence electrons. The van der Waals surface area contributed by atoms with E-state index >= 15 is 0 Å². The van der Waals surface area contributed by atoms with Crippen LogP contribution in [0.1, 0.15) is 26.7 Å². The van der Waals surface area contributed by atoms with Gasteiger partial charge in [0.2, 0.25) is 0 Å². The van der Waals surface area contributed by atoms with Gasteiger partial charge in [0, 0.05) is 6.04 Å². The van der Waals surface area contributed by atoms with E-state index in [4.69, 9.17) is 9.47 Å². The largest absolute Gasteiger partial charge is 0.493 e. The molecule has 1 aromatic rings. The molecular formula is C14H23NO2. The molecule has 0 aromatic heterocycles. The maximum absolute atomic E-state index is 5.68. The van der Waals surface area contributed by atoms with E-state index in [0.29, 0.717) is 6.04 Å². The minimum Gasteiger partial charge on any atom is -0.493 e. The number of methoxy groups -OCH3 is 1. The average molecular weight is 237 g/mol. The molecule has 0 saturated carbocycles. The van der Waals surface area contributed by atoms with Crippen molar-refractivity contribution in [3.05, 3.63) is 24.3 Å². The second-order valence-electron chi connectivity index (χ2n) is 4.32. The van der Waals surface area contributed by atoms with Crippen LogP contribution in [-0.4, -0.2) is 26.3 Å². The van der Waals surface area contributed by atoms with Crippen molar-refractivity contribution in [2.45, 2.75) is 32.7 Å². The number of ether oxygens (including phenoxy) is 2. The molecule has 3 nitrogen and oxygen atoms in total. The molecule has 0 heterocycles. The SMILES string of the molecule is COc1ccccc1OCCCCNC(C)C. The third-order valence-electron chi connectivity index (χ3n) is 2.45. The monoisotopic (exact) mass is 237 g/mol.